The van der Waals surface area contributed by atoms with Gasteiger partial charge in [-0.2, -0.15) is 4.31 Å². The fourth-order valence-electron chi connectivity index (χ4n) is 3.46. The third kappa shape index (κ3) is 4.09. The number of sulfonamides is 1. The Kier molecular flexibility index (Phi) is 6.12. The molecular formula is C22H24BrNO3S. The SMILES string of the molecule is C=C(/C(C)=C1/CN(S(=O)(=O)c2ccc(Br)cc2)C[C@@H]1C)c1ccc(OC)cc1. The number of allylic oxidation sites excluding steroid dienone is 2. The molecule has 1 fully saturated rings. The molecular weight excluding hydrogens is 438 g/mol. The first-order chi connectivity index (χ1) is 13.2. The lowest BCUT2D eigenvalue weighted by atomic mass is 9.92. The van der Waals surface area contributed by atoms with E-state index < -0.39 is 10.0 Å². The number of benzene rings is 2. The monoisotopic (exact) mass is 461 g/mol. The highest BCUT2D eigenvalue weighted by molar-refractivity contribution is 9.10. The largest absolute Gasteiger partial charge is 0.497 e. The highest BCUT2D eigenvalue weighted by atomic mass is 79.9. The van der Waals surface area contributed by atoms with Crippen LogP contribution in [0.1, 0.15) is 19.4 Å². The minimum atomic E-state index is -3.52. The van der Waals surface area contributed by atoms with Gasteiger partial charge in [-0.05, 0) is 71.5 Å². The van der Waals surface area contributed by atoms with Gasteiger partial charge in [-0.25, -0.2) is 8.42 Å². The third-order valence-electron chi connectivity index (χ3n) is 5.24. The molecule has 0 amide bonds. The molecule has 0 N–H and O–H groups in total. The van der Waals surface area contributed by atoms with Crippen LogP contribution in [0, 0.1) is 5.92 Å². The van der Waals surface area contributed by atoms with Gasteiger partial charge in [-0.3, -0.25) is 0 Å². The van der Waals surface area contributed by atoms with E-state index in [9.17, 15) is 8.42 Å². The summed E-state index contributed by atoms with van der Waals surface area (Å²) in [5.74, 6) is 0.933. The standard InChI is InChI=1S/C22H24BrNO3S/c1-15-13-24(28(25,26)21-11-7-19(23)8-12-21)14-22(15)17(3)16(2)18-5-9-20(27-4)10-6-18/h5-12,15H,2,13-14H2,1,3-4H3/b22-17-/t15-/m0/s1. The van der Waals surface area contributed by atoms with E-state index in [4.69, 9.17) is 4.74 Å². The van der Waals surface area contributed by atoms with Crippen molar-refractivity contribution in [2.45, 2.75) is 18.7 Å². The van der Waals surface area contributed by atoms with E-state index in [-0.39, 0.29) is 5.92 Å². The van der Waals surface area contributed by atoms with Gasteiger partial charge >= 0.3 is 0 Å². The summed E-state index contributed by atoms with van der Waals surface area (Å²) >= 11 is 3.35. The summed E-state index contributed by atoms with van der Waals surface area (Å²) in [4.78, 5) is 0.316. The molecule has 1 atom stereocenters. The summed E-state index contributed by atoms with van der Waals surface area (Å²) in [6, 6.07) is 14.5. The van der Waals surface area contributed by atoms with Crippen molar-refractivity contribution in [3.63, 3.8) is 0 Å². The van der Waals surface area contributed by atoms with Gasteiger partial charge in [-0.1, -0.05) is 41.6 Å². The maximum atomic E-state index is 13.0. The number of rotatable bonds is 5. The van der Waals surface area contributed by atoms with E-state index in [0.717, 1.165) is 32.5 Å². The second-order valence-corrected chi connectivity index (χ2v) is 9.86. The lowest BCUT2D eigenvalue weighted by Gasteiger charge is -2.16. The Hall–Kier alpha value is -1.89. The second-order valence-electron chi connectivity index (χ2n) is 7.01. The molecule has 1 aliphatic rings. The average Bonchev–Trinajstić information content (AvgIpc) is 3.09. The Morgan fingerprint density at radius 1 is 1.14 bits per heavy atom. The van der Waals surface area contributed by atoms with Crippen molar-refractivity contribution in [1.82, 2.24) is 4.31 Å². The van der Waals surface area contributed by atoms with Crippen molar-refractivity contribution < 1.29 is 13.2 Å². The summed E-state index contributed by atoms with van der Waals surface area (Å²) in [7, 11) is -1.89. The zero-order valence-electron chi connectivity index (χ0n) is 16.3. The average molecular weight is 462 g/mol. The second kappa shape index (κ2) is 8.23. The zero-order chi connectivity index (χ0) is 20.5. The van der Waals surface area contributed by atoms with Gasteiger partial charge in [0.1, 0.15) is 5.75 Å². The van der Waals surface area contributed by atoms with E-state index in [0.29, 0.717) is 18.0 Å². The van der Waals surface area contributed by atoms with Crippen LogP contribution in [0.2, 0.25) is 0 Å². The number of methoxy groups -OCH3 is 1. The van der Waals surface area contributed by atoms with Crippen LogP contribution < -0.4 is 4.74 Å². The van der Waals surface area contributed by atoms with Crippen molar-refractivity contribution in [3.05, 3.63) is 76.3 Å². The molecule has 0 unspecified atom stereocenters. The minimum Gasteiger partial charge on any atom is -0.497 e. The first-order valence-electron chi connectivity index (χ1n) is 9.03. The first kappa shape index (κ1) is 20.8. The van der Waals surface area contributed by atoms with Crippen LogP contribution >= 0.6 is 15.9 Å². The van der Waals surface area contributed by atoms with Crippen LogP contribution in [0.25, 0.3) is 5.57 Å². The molecule has 1 saturated heterocycles. The lowest BCUT2D eigenvalue weighted by Crippen LogP contribution is -2.28. The van der Waals surface area contributed by atoms with Gasteiger partial charge in [0.25, 0.3) is 0 Å². The van der Waals surface area contributed by atoms with Crippen molar-refractivity contribution in [3.8, 4) is 5.75 Å². The zero-order valence-corrected chi connectivity index (χ0v) is 18.7. The van der Waals surface area contributed by atoms with Gasteiger partial charge < -0.3 is 4.74 Å². The molecule has 1 aliphatic heterocycles. The highest BCUT2D eigenvalue weighted by Gasteiger charge is 2.34. The molecule has 0 aromatic heterocycles. The Morgan fingerprint density at radius 2 is 1.75 bits per heavy atom. The Balaban J connectivity index is 1.86. The van der Waals surface area contributed by atoms with Crippen LogP contribution in [0.4, 0.5) is 0 Å². The number of hydrogen-bond acceptors (Lipinski definition) is 3. The molecule has 0 spiro atoms. The van der Waals surface area contributed by atoms with Gasteiger partial charge in [0, 0.05) is 17.6 Å². The van der Waals surface area contributed by atoms with Crippen molar-refractivity contribution in [1.29, 1.82) is 0 Å². The number of halogens is 1. The fourth-order valence-corrected chi connectivity index (χ4v) is 5.23. The van der Waals surface area contributed by atoms with Gasteiger partial charge in [-0.15, -0.1) is 0 Å². The fraction of sp³-hybridized carbons (Fsp3) is 0.273. The maximum Gasteiger partial charge on any atom is 0.243 e. The molecule has 0 radical (unpaired) electrons. The number of ether oxygens (including phenoxy) is 1. The van der Waals surface area contributed by atoms with E-state index >= 15 is 0 Å². The highest BCUT2D eigenvalue weighted by Crippen LogP contribution is 2.34. The molecule has 3 rings (SSSR count). The Labute approximate surface area is 175 Å². The molecule has 0 saturated carbocycles. The van der Waals surface area contributed by atoms with Crippen molar-refractivity contribution in [2.75, 3.05) is 20.2 Å². The summed E-state index contributed by atoms with van der Waals surface area (Å²) in [5.41, 5.74) is 4.08. The van der Waals surface area contributed by atoms with E-state index in [2.05, 4.69) is 29.4 Å². The topological polar surface area (TPSA) is 46.6 Å². The van der Waals surface area contributed by atoms with Crippen LogP contribution in [0.5, 0.6) is 5.75 Å². The van der Waals surface area contributed by atoms with E-state index in [1.54, 1.807) is 35.7 Å². The predicted molar refractivity (Wildman–Crippen MR) is 117 cm³/mol. The predicted octanol–water partition coefficient (Wildman–Crippen LogP) is 5.13. The van der Waals surface area contributed by atoms with Crippen LogP contribution in [0.3, 0.4) is 0 Å². The summed E-state index contributed by atoms with van der Waals surface area (Å²) in [5, 5.41) is 0. The molecule has 4 nitrogen and oxygen atoms in total. The summed E-state index contributed by atoms with van der Waals surface area (Å²) in [6.45, 7) is 9.19. The Bertz CT molecular complexity index is 1010. The number of nitrogens with zero attached hydrogens (tertiary/aromatic N) is 1. The lowest BCUT2D eigenvalue weighted by molar-refractivity contribution is 0.415. The van der Waals surface area contributed by atoms with Crippen molar-refractivity contribution >= 4 is 31.5 Å². The summed E-state index contributed by atoms with van der Waals surface area (Å²) in [6.07, 6.45) is 0. The Morgan fingerprint density at radius 3 is 2.32 bits per heavy atom. The summed E-state index contributed by atoms with van der Waals surface area (Å²) < 4.78 is 33.7. The van der Waals surface area contributed by atoms with Crippen LogP contribution in [-0.4, -0.2) is 32.9 Å². The van der Waals surface area contributed by atoms with Crippen molar-refractivity contribution in [2.24, 2.45) is 5.92 Å². The van der Waals surface area contributed by atoms with Crippen LogP contribution in [-0.2, 0) is 10.0 Å². The molecule has 0 bridgehead atoms. The van der Waals surface area contributed by atoms with Gasteiger partial charge in [0.15, 0.2) is 0 Å². The molecule has 2 aromatic rings. The number of hydrogen-bond donors (Lipinski definition) is 0. The maximum absolute atomic E-state index is 13.0. The molecule has 148 valence electrons. The molecule has 1 heterocycles. The van der Waals surface area contributed by atoms with E-state index in [1.807, 2.05) is 31.2 Å². The van der Waals surface area contributed by atoms with Crippen LogP contribution in [0.15, 0.2) is 75.6 Å². The molecule has 2 aromatic carbocycles. The first-order valence-corrected chi connectivity index (χ1v) is 11.3. The minimum absolute atomic E-state index is 0.139. The molecule has 6 heteroatoms. The normalized spacial score (nSPS) is 19.5. The quantitative estimate of drug-likeness (QED) is 0.619. The molecule has 0 aliphatic carbocycles. The van der Waals surface area contributed by atoms with E-state index in [1.165, 1.54) is 0 Å². The van der Waals surface area contributed by atoms with Gasteiger partial charge in [0.05, 0.1) is 12.0 Å². The third-order valence-corrected chi connectivity index (χ3v) is 7.60. The van der Waals surface area contributed by atoms with Gasteiger partial charge in [0.2, 0.25) is 10.0 Å². The smallest absolute Gasteiger partial charge is 0.243 e. The molecule has 28 heavy (non-hydrogen) atoms.